The van der Waals surface area contributed by atoms with Crippen molar-refractivity contribution >= 4 is 24.5 Å². The highest BCUT2D eigenvalue weighted by Crippen LogP contribution is 2.45. The van der Waals surface area contributed by atoms with Crippen LogP contribution in [0.1, 0.15) is 29.7 Å². The van der Waals surface area contributed by atoms with Crippen molar-refractivity contribution in [3.8, 4) is 16.9 Å². The number of rotatable bonds is 9. The Morgan fingerprint density at radius 2 is 1.55 bits per heavy atom. The number of nitrogens with zero attached hydrogens (tertiary/aromatic N) is 1. The molecule has 0 saturated carbocycles. The van der Waals surface area contributed by atoms with E-state index in [1.54, 1.807) is 53.4 Å². The number of hydrogen-bond acceptors (Lipinski definition) is 5. The molecular weight excluding hydrogens is 536 g/mol. The lowest BCUT2D eigenvalue weighted by atomic mass is 9.88. The standard InChI is InChI=1S/C30H27FNO7P/c31-22-11-6-20(7-12-22)26(33)16-17-39-29-28(32(30(29)35)23-4-2-1-3-5-23)25-15-10-21(18-27(25)34)19-8-13-24(14-9-19)40(36,37)38/h1-15,18,26,28-29,33-34H,16-17H2,(H2,36,37,38)/t26-,28+,29+/m0/s1. The minimum Gasteiger partial charge on any atom is -0.508 e. The van der Waals surface area contributed by atoms with Crippen LogP contribution in [-0.2, 0) is 14.1 Å². The molecule has 0 spiro atoms. The average molecular weight is 564 g/mol. The number of anilines is 1. The van der Waals surface area contributed by atoms with Crippen LogP contribution in [0.25, 0.3) is 11.1 Å². The van der Waals surface area contributed by atoms with Gasteiger partial charge in [-0.05, 0) is 59.2 Å². The summed E-state index contributed by atoms with van der Waals surface area (Å²) in [7, 11) is -4.37. The van der Waals surface area contributed by atoms with E-state index in [9.17, 15) is 33.7 Å². The zero-order valence-electron chi connectivity index (χ0n) is 21.2. The van der Waals surface area contributed by atoms with Gasteiger partial charge in [0.1, 0.15) is 17.6 Å². The van der Waals surface area contributed by atoms with Gasteiger partial charge >= 0.3 is 7.60 Å². The number of β-lactam (4-membered cyclic amide) rings is 1. The molecule has 1 saturated heterocycles. The first-order chi connectivity index (χ1) is 19.1. The highest BCUT2D eigenvalue weighted by atomic mass is 31.2. The topological polar surface area (TPSA) is 128 Å². The molecule has 206 valence electrons. The Morgan fingerprint density at radius 3 is 2.17 bits per heavy atom. The number of aliphatic hydroxyl groups excluding tert-OH is 1. The lowest BCUT2D eigenvalue weighted by molar-refractivity contribution is -0.143. The zero-order valence-corrected chi connectivity index (χ0v) is 22.1. The molecule has 1 aliphatic rings. The van der Waals surface area contributed by atoms with E-state index in [1.807, 2.05) is 6.07 Å². The highest BCUT2D eigenvalue weighted by molar-refractivity contribution is 7.60. The van der Waals surface area contributed by atoms with E-state index in [2.05, 4.69) is 0 Å². The van der Waals surface area contributed by atoms with E-state index < -0.39 is 31.7 Å². The molecule has 1 aliphatic heterocycles. The molecule has 0 bridgehead atoms. The van der Waals surface area contributed by atoms with E-state index >= 15 is 0 Å². The molecule has 10 heteroatoms. The summed E-state index contributed by atoms with van der Waals surface area (Å²) in [5.41, 5.74) is 2.90. The molecule has 40 heavy (non-hydrogen) atoms. The van der Waals surface area contributed by atoms with Crippen LogP contribution in [0.2, 0.25) is 0 Å². The Bertz CT molecular complexity index is 1540. The van der Waals surface area contributed by atoms with Gasteiger partial charge in [-0.3, -0.25) is 14.3 Å². The van der Waals surface area contributed by atoms with Crippen molar-refractivity contribution in [2.24, 2.45) is 0 Å². The van der Waals surface area contributed by atoms with Crippen molar-refractivity contribution in [3.63, 3.8) is 0 Å². The molecular formula is C30H27FNO7P. The smallest absolute Gasteiger partial charge is 0.356 e. The summed E-state index contributed by atoms with van der Waals surface area (Å²) in [6.45, 7) is 0.0544. The maximum absolute atomic E-state index is 13.2. The van der Waals surface area contributed by atoms with Crippen LogP contribution in [0, 0.1) is 5.82 Å². The Labute approximate surface area is 230 Å². The number of carbonyl (C=O) groups is 1. The van der Waals surface area contributed by atoms with Gasteiger partial charge in [-0.25, -0.2) is 4.39 Å². The van der Waals surface area contributed by atoms with Gasteiger partial charge < -0.3 is 24.7 Å². The maximum Gasteiger partial charge on any atom is 0.356 e. The van der Waals surface area contributed by atoms with Crippen molar-refractivity contribution < 1.29 is 38.5 Å². The molecule has 4 aromatic carbocycles. The van der Waals surface area contributed by atoms with Gasteiger partial charge in [-0.15, -0.1) is 0 Å². The predicted octanol–water partition coefficient (Wildman–Crippen LogP) is 4.60. The van der Waals surface area contributed by atoms with E-state index in [1.165, 1.54) is 42.5 Å². The summed E-state index contributed by atoms with van der Waals surface area (Å²) in [5.74, 6) is -0.765. The quantitative estimate of drug-likeness (QED) is 0.173. The monoisotopic (exact) mass is 563 g/mol. The molecule has 3 atom stereocenters. The van der Waals surface area contributed by atoms with Crippen LogP contribution in [0.15, 0.2) is 97.1 Å². The Hall–Kier alpha value is -3.85. The molecule has 0 aromatic heterocycles. The number of benzene rings is 4. The van der Waals surface area contributed by atoms with Crippen LogP contribution in [-0.4, -0.2) is 38.6 Å². The summed E-state index contributed by atoms with van der Waals surface area (Å²) in [6.07, 6.45) is -1.62. The second-order valence-corrected chi connectivity index (χ2v) is 11.1. The fourth-order valence-corrected chi connectivity index (χ4v) is 5.32. The summed E-state index contributed by atoms with van der Waals surface area (Å²) in [6, 6.07) is 24.7. The number of phenols is 1. The van der Waals surface area contributed by atoms with Gasteiger partial charge in [-0.2, -0.15) is 0 Å². The van der Waals surface area contributed by atoms with Crippen LogP contribution in [0.3, 0.4) is 0 Å². The number of aromatic hydroxyl groups is 1. The number of hydrogen-bond donors (Lipinski definition) is 4. The molecule has 1 amide bonds. The summed E-state index contributed by atoms with van der Waals surface area (Å²) < 4.78 is 30.6. The minimum absolute atomic E-state index is 0.0544. The largest absolute Gasteiger partial charge is 0.508 e. The van der Waals surface area contributed by atoms with Gasteiger partial charge in [0, 0.05) is 17.7 Å². The molecule has 5 rings (SSSR count). The second-order valence-electron chi connectivity index (χ2n) is 9.50. The third kappa shape index (κ3) is 5.70. The molecule has 4 N–H and O–H groups in total. The third-order valence-electron chi connectivity index (χ3n) is 6.91. The molecule has 1 fully saturated rings. The van der Waals surface area contributed by atoms with Gasteiger partial charge in [0.25, 0.3) is 5.91 Å². The fourth-order valence-electron chi connectivity index (χ4n) is 4.78. The summed E-state index contributed by atoms with van der Waals surface area (Å²) in [4.78, 5) is 33.4. The minimum atomic E-state index is -4.37. The van der Waals surface area contributed by atoms with Crippen molar-refractivity contribution in [2.45, 2.75) is 24.7 Å². The number of para-hydroxylation sites is 1. The lowest BCUT2D eigenvalue weighted by Gasteiger charge is -2.47. The molecule has 0 aliphatic carbocycles. The van der Waals surface area contributed by atoms with Gasteiger partial charge in [0.15, 0.2) is 6.10 Å². The molecule has 0 radical (unpaired) electrons. The predicted molar refractivity (Wildman–Crippen MR) is 148 cm³/mol. The zero-order chi connectivity index (χ0) is 28.4. The Kier molecular flexibility index (Phi) is 7.85. The van der Waals surface area contributed by atoms with Gasteiger partial charge in [0.05, 0.1) is 18.0 Å². The molecule has 0 unspecified atom stereocenters. The first kappa shape index (κ1) is 27.7. The normalized spacial score (nSPS) is 17.9. The number of aliphatic hydroxyl groups is 1. The number of amides is 1. The van der Waals surface area contributed by atoms with E-state index in [0.717, 1.165) is 0 Å². The maximum atomic E-state index is 13.2. The summed E-state index contributed by atoms with van der Waals surface area (Å²) in [5, 5.41) is 21.4. The first-order valence-corrected chi connectivity index (χ1v) is 14.2. The van der Waals surface area contributed by atoms with Crippen molar-refractivity contribution in [1.29, 1.82) is 0 Å². The van der Waals surface area contributed by atoms with E-state index in [-0.39, 0.29) is 30.0 Å². The van der Waals surface area contributed by atoms with E-state index in [4.69, 9.17) is 4.74 Å². The lowest BCUT2D eigenvalue weighted by Crippen LogP contribution is -2.60. The fraction of sp³-hybridized carbons (Fsp3) is 0.167. The van der Waals surface area contributed by atoms with Gasteiger partial charge in [-0.1, -0.05) is 54.6 Å². The SMILES string of the molecule is O=C1[C@H](OCC[C@H](O)c2ccc(F)cc2)[C@@H](c2ccc(-c3ccc(P(=O)(O)O)cc3)cc2O)N1c1ccccc1. The van der Waals surface area contributed by atoms with E-state index in [0.29, 0.717) is 27.9 Å². The number of phenolic OH excluding ortho intramolecular Hbond substituents is 1. The highest BCUT2D eigenvalue weighted by Gasteiger charge is 2.50. The number of halogens is 1. The van der Waals surface area contributed by atoms with Crippen LogP contribution in [0.5, 0.6) is 5.75 Å². The molecule has 1 heterocycles. The average Bonchev–Trinajstić information content (AvgIpc) is 2.94. The van der Waals surface area contributed by atoms with Crippen molar-refractivity contribution in [2.75, 3.05) is 11.5 Å². The number of ether oxygens (including phenoxy) is 1. The second kappa shape index (κ2) is 11.3. The Morgan fingerprint density at radius 1 is 0.900 bits per heavy atom. The van der Waals surface area contributed by atoms with Crippen molar-refractivity contribution in [1.82, 2.24) is 0 Å². The Balaban J connectivity index is 1.37. The summed E-state index contributed by atoms with van der Waals surface area (Å²) >= 11 is 0. The van der Waals surface area contributed by atoms with Crippen molar-refractivity contribution in [3.05, 3.63) is 114 Å². The molecule has 8 nitrogen and oxygen atoms in total. The van der Waals surface area contributed by atoms with Crippen LogP contribution in [0.4, 0.5) is 10.1 Å². The van der Waals surface area contributed by atoms with Gasteiger partial charge in [0.2, 0.25) is 0 Å². The van der Waals surface area contributed by atoms with Crippen LogP contribution < -0.4 is 10.2 Å². The third-order valence-corrected chi connectivity index (χ3v) is 7.88. The van der Waals surface area contributed by atoms with Crippen LogP contribution >= 0.6 is 7.60 Å². The first-order valence-electron chi connectivity index (χ1n) is 12.6. The molecule has 4 aromatic rings. The number of carbonyl (C=O) groups excluding carboxylic acids is 1.